The van der Waals surface area contributed by atoms with Crippen molar-refractivity contribution in [2.75, 3.05) is 0 Å². The molecule has 0 radical (unpaired) electrons. The summed E-state index contributed by atoms with van der Waals surface area (Å²) in [4.78, 5) is 1.43. The van der Waals surface area contributed by atoms with Crippen LogP contribution in [0.5, 0.6) is 11.5 Å². The molecule has 0 atom stereocenters. The summed E-state index contributed by atoms with van der Waals surface area (Å²) in [5, 5.41) is 18.6. The van der Waals surface area contributed by atoms with Crippen LogP contribution in [0.1, 0.15) is 0 Å². The number of rotatable bonds is 2. The summed E-state index contributed by atoms with van der Waals surface area (Å²) < 4.78 is 5.17. The highest BCUT2D eigenvalue weighted by Gasteiger charge is 2.08. The van der Waals surface area contributed by atoms with Gasteiger partial charge in [0, 0.05) is 6.07 Å². The predicted octanol–water partition coefficient (Wildman–Crippen LogP) is 0.785. The van der Waals surface area contributed by atoms with Gasteiger partial charge < -0.3 is 9.53 Å². The Morgan fingerprint density at radius 2 is 1.72 bits per heavy atom. The number of nitrogens with zero attached hydrogens (tertiary/aromatic N) is 3. The molecule has 0 bridgehead atoms. The zero-order chi connectivity index (χ0) is 12.5. The van der Waals surface area contributed by atoms with Crippen molar-refractivity contribution in [2.24, 2.45) is 0 Å². The zero-order valence-electron chi connectivity index (χ0n) is 9.74. The van der Waals surface area contributed by atoms with Crippen LogP contribution in [0.3, 0.4) is 0 Å². The van der Waals surface area contributed by atoms with E-state index in [2.05, 4.69) is 10.2 Å². The fraction of sp³-hybridized carbons (Fsp3) is 0. The quantitative estimate of drug-likeness (QED) is 0.689. The largest absolute Gasteiger partial charge is 0.553 e. The summed E-state index contributed by atoms with van der Waals surface area (Å²) in [6.45, 7) is 0. The van der Waals surface area contributed by atoms with Gasteiger partial charge in [-0.05, 0) is 24.3 Å². The Balaban J connectivity index is 2.14. The highest BCUT2D eigenvalue weighted by Crippen LogP contribution is 2.26. The summed E-state index contributed by atoms with van der Waals surface area (Å²) in [7, 11) is 0.587. The van der Waals surface area contributed by atoms with E-state index in [1.807, 2.05) is 24.3 Å². The number of hydrogen-bond donors (Lipinski definition) is 1. The maximum atomic E-state index is 9.94. The maximum absolute atomic E-state index is 9.94. The molecule has 0 saturated heterocycles. The van der Waals surface area contributed by atoms with Gasteiger partial charge in [-0.2, -0.15) is 0 Å². The molecule has 0 aliphatic rings. The van der Waals surface area contributed by atoms with Gasteiger partial charge in [0.15, 0.2) is 0 Å². The van der Waals surface area contributed by atoms with Crippen LogP contribution in [0.4, 0.5) is 0 Å². The van der Waals surface area contributed by atoms with Gasteiger partial charge in [0.2, 0.25) is 10.5 Å². The number of hydrogen-bond acceptors (Lipinski definition) is 4. The van der Waals surface area contributed by atoms with Gasteiger partial charge in [0.1, 0.15) is 28.2 Å². The summed E-state index contributed by atoms with van der Waals surface area (Å²) in [5.74, 6) is 0.753. The van der Waals surface area contributed by atoms with Gasteiger partial charge in [0.05, 0.1) is 0 Å². The predicted molar refractivity (Wildman–Crippen MR) is 71.1 cm³/mol. The molecule has 0 spiro atoms. The fourth-order valence-electron chi connectivity index (χ4n) is 1.77. The van der Waals surface area contributed by atoms with Crippen LogP contribution < -0.4 is 4.43 Å². The maximum Gasteiger partial charge on any atom is 0.204 e. The molecule has 0 amide bonds. The van der Waals surface area contributed by atoms with Crippen LogP contribution >= 0.6 is 0 Å². The molecular formula is C12H11N3O2Si. The van der Waals surface area contributed by atoms with Crippen molar-refractivity contribution in [3.8, 4) is 17.2 Å². The van der Waals surface area contributed by atoms with Crippen molar-refractivity contribution < 1.29 is 9.53 Å². The van der Waals surface area contributed by atoms with Gasteiger partial charge in [-0.3, -0.25) is 0 Å². The molecule has 0 aliphatic carbocycles. The van der Waals surface area contributed by atoms with Crippen molar-refractivity contribution in [1.29, 1.82) is 0 Å². The van der Waals surface area contributed by atoms with Gasteiger partial charge in [-0.15, -0.1) is 15.0 Å². The first-order valence-corrected chi connectivity index (χ1v) is 6.29. The SMILES string of the molecule is Oc1cc(O[SiH3])ccc1-n1nc2ccccc2n1. The first-order valence-electron chi connectivity index (χ1n) is 5.47. The summed E-state index contributed by atoms with van der Waals surface area (Å²) >= 11 is 0. The lowest BCUT2D eigenvalue weighted by molar-refractivity contribution is 0.464. The number of aromatic hydroxyl groups is 1. The van der Waals surface area contributed by atoms with Gasteiger partial charge in [-0.25, -0.2) is 0 Å². The first kappa shape index (κ1) is 10.8. The van der Waals surface area contributed by atoms with Crippen molar-refractivity contribution in [3.63, 3.8) is 0 Å². The van der Waals surface area contributed by atoms with E-state index in [4.69, 9.17) is 4.43 Å². The highest BCUT2D eigenvalue weighted by atomic mass is 28.2. The molecule has 3 rings (SSSR count). The number of fused-ring (bicyclic) bond motifs is 1. The van der Waals surface area contributed by atoms with E-state index in [0.717, 1.165) is 11.0 Å². The molecule has 90 valence electrons. The molecule has 1 heterocycles. The van der Waals surface area contributed by atoms with Crippen LogP contribution in [0.15, 0.2) is 42.5 Å². The molecule has 0 unspecified atom stereocenters. The van der Waals surface area contributed by atoms with Gasteiger partial charge in [0.25, 0.3) is 0 Å². The fourth-order valence-corrected chi connectivity index (χ4v) is 2.02. The molecule has 18 heavy (non-hydrogen) atoms. The van der Waals surface area contributed by atoms with Crippen LogP contribution in [-0.4, -0.2) is 30.6 Å². The zero-order valence-corrected chi connectivity index (χ0v) is 11.7. The lowest BCUT2D eigenvalue weighted by atomic mass is 10.3. The van der Waals surface area contributed by atoms with E-state index in [-0.39, 0.29) is 5.75 Å². The topological polar surface area (TPSA) is 60.2 Å². The Bertz CT molecular complexity index is 678. The molecule has 1 aromatic heterocycles. The first-order chi connectivity index (χ1) is 8.78. The summed E-state index contributed by atoms with van der Waals surface area (Å²) in [6, 6.07) is 12.7. The van der Waals surface area contributed by atoms with Crippen molar-refractivity contribution in [3.05, 3.63) is 42.5 Å². The molecule has 2 aromatic carbocycles. The average molecular weight is 257 g/mol. The normalized spacial score (nSPS) is 10.9. The Morgan fingerprint density at radius 1 is 1.06 bits per heavy atom. The van der Waals surface area contributed by atoms with Crippen LogP contribution in [-0.2, 0) is 0 Å². The Hall–Kier alpha value is -2.34. The third kappa shape index (κ3) is 1.72. The molecule has 0 saturated carbocycles. The number of benzene rings is 2. The Morgan fingerprint density at radius 3 is 2.28 bits per heavy atom. The molecule has 0 fully saturated rings. The summed E-state index contributed by atoms with van der Waals surface area (Å²) in [6.07, 6.45) is 0. The van der Waals surface area contributed by atoms with Gasteiger partial charge in [-0.1, -0.05) is 12.1 Å². The average Bonchev–Trinajstić information content (AvgIpc) is 2.81. The second kappa shape index (κ2) is 4.15. The van der Waals surface area contributed by atoms with Crippen LogP contribution in [0, 0.1) is 0 Å². The minimum atomic E-state index is 0.101. The van der Waals surface area contributed by atoms with Crippen molar-refractivity contribution >= 4 is 21.5 Å². The second-order valence-corrected chi connectivity index (χ2v) is 4.24. The van der Waals surface area contributed by atoms with Crippen molar-refractivity contribution in [2.45, 2.75) is 0 Å². The van der Waals surface area contributed by atoms with Crippen molar-refractivity contribution in [1.82, 2.24) is 15.0 Å². The van der Waals surface area contributed by atoms with E-state index in [1.165, 1.54) is 4.80 Å². The Kier molecular flexibility index (Phi) is 2.49. The third-order valence-electron chi connectivity index (χ3n) is 2.68. The molecule has 6 heteroatoms. The standard InChI is InChI=1S/C12H11N3O2Si/c16-12-7-8(17-18)5-6-11(12)15-13-9-3-1-2-4-10(9)14-15/h1-7,16H,18H3. The smallest absolute Gasteiger partial charge is 0.204 e. The molecule has 5 nitrogen and oxygen atoms in total. The third-order valence-corrected chi connectivity index (χ3v) is 3.16. The van der Waals surface area contributed by atoms with E-state index < -0.39 is 0 Å². The number of phenols is 1. The van der Waals surface area contributed by atoms with E-state index in [9.17, 15) is 5.11 Å². The van der Waals surface area contributed by atoms with Crippen LogP contribution in [0.2, 0.25) is 0 Å². The number of phenolic OH excluding ortho intramolecular Hbond substituents is 1. The number of aromatic nitrogens is 3. The molecule has 0 aliphatic heterocycles. The molecular weight excluding hydrogens is 246 g/mol. The highest BCUT2D eigenvalue weighted by molar-refractivity contribution is 6.00. The van der Waals surface area contributed by atoms with E-state index in [0.29, 0.717) is 21.9 Å². The Labute approximate surface area is 106 Å². The van der Waals surface area contributed by atoms with E-state index >= 15 is 0 Å². The van der Waals surface area contributed by atoms with Crippen LogP contribution in [0.25, 0.3) is 16.7 Å². The van der Waals surface area contributed by atoms with Gasteiger partial charge >= 0.3 is 0 Å². The lowest BCUT2D eigenvalue weighted by Crippen LogP contribution is -1.99. The monoisotopic (exact) mass is 257 g/mol. The minimum absolute atomic E-state index is 0.101. The second-order valence-electron chi connectivity index (χ2n) is 3.83. The summed E-state index contributed by atoms with van der Waals surface area (Å²) in [5.41, 5.74) is 2.12. The molecule has 1 N–H and O–H groups in total. The van der Waals surface area contributed by atoms with E-state index in [1.54, 1.807) is 18.2 Å². The lowest BCUT2D eigenvalue weighted by Gasteiger charge is -2.05. The molecule has 3 aromatic rings. The minimum Gasteiger partial charge on any atom is -0.553 e.